The van der Waals surface area contributed by atoms with E-state index < -0.39 is 0 Å². The Morgan fingerprint density at radius 2 is 2.07 bits per heavy atom. The number of fused-ring (bicyclic) bond motifs is 1. The Morgan fingerprint density at radius 3 is 2.74 bits per heavy atom. The summed E-state index contributed by atoms with van der Waals surface area (Å²) in [6.07, 6.45) is 1.67. The Balaban J connectivity index is 2.05. The molecule has 3 rings (SSSR count). The summed E-state index contributed by atoms with van der Waals surface area (Å²) in [4.78, 5) is 21.7. The quantitative estimate of drug-likeness (QED) is 0.627. The lowest BCUT2D eigenvalue weighted by Gasteiger charge is -2.21. The van der Waals surface area contributed by atoms with Crippen LogP contribution in [0.4, 0.5) is 5.13 Å². The third-order valence-electron chi connectivity index (χ3n) is 4.20. The SMILES string of the molecule is COc1nn(C)cc1C(=O)N(CCN(C)C)c1nc2c(C)c(Cl)ccc2s1. The van der Waals surface area contributed by atoms with Crippen molar-refractivity contribution in [3.05, 3.63) is 34.5 Å². The molecule has 1 aromatic carbocycles. The number of aromatic nitrogens is 3. The first kappa shape index (κ1) is 19.6. The molecule has 0 bridgehead atoms. The maximum atomic E-state index is 13.3. The van der Waals surface area contributed by atoms with E-state index in [2.05, 4.69) is 5.10 Å². The van der Waals surface area contributed by atoms with Gasteiger partial charge >= 0.3 is 0 Å². The van der Waals surface area contributed by atoms with Crippen molar-refractivity contribution in [1.29, 1.82) is 0 Å². The van der Waals surface area contributed by atoms with E-state index in [1.54, 1.807) is 22.8 Å². The molecular weight excluding hydrogens is 386 g/mol. The molecule has 144 valence electrons. The number of hydrogen-bond acceptors (Lipinski definition) is 6. The number of thiazole rings is 1. The number of anilines is 1. The van der Waals surface area contributed by atoms with Gasteiger partial charge in [0.05, 0.1) is 17.3 Å². The van der Waals surface area contributed by atoms with Gasteiger partial charge in [-0.15, -0.1) is 5.10 Å². The number of aryl methyl sites for hydroxylation is 2. The minimum absolute atomic E-state index is 0.190. The Hall–Kier alpha value is -2.16. The van der Waals surface area contributed by atoms with E-state index in [1.807, 2.05) is 38.1 Å². The average Bonchev–Trinajstić information content (AvgIpc) is 3.21. The average molecular weight is 408 g/mol. The van der Waals surface area contributed by atoms with Crippen LogP contribution >= 0.6 is 22.9 Å². The van der Waals surface area contributed by atoms with Crippen molar-refractivity contribution in [2.24, 2.45) is 7.05 Å². The van der Waals surface area contributed by atoms with Gasteiger partial charge in [-0.1, -0.05) is 22.9 Å². The van der Waals surface area contributed by atoms with Gasteiger partial charge in [-0.2, -0.15) is 0 Å². The van der Waals surface area contributed by atoms with Gasteiger partial charge in [0.2, 0.25) is 5.88 Å². The largest absolute Gasteiger partial charge is 0.479 e. The summed E-state index contributed by atoms with van der Waals surface area (Å²) in [5.74, 6) is 0.113. The number of carbonyl (C=O) groups excluding carboxylic acids is 1. The molecule has 7 nitrogen and oxygen atoms in total. The van der Waals surface area contributed by atoms with Crippen molar-refractivity contribution in [3.63, 3.8) is 0 Å². The van der Waals surface area contributed by atoms with Crippen LogP contribution in [-0.4, -0.2) is 59.9 Å². The summed E-state index contributed by atoms with van der Waals surface area (Å²) in [6, 6.07) is 3.79. The first-order valence-electron chi connectivity index (χ1n) is 8.41. The lowest BCUT2D eigenvalue weighted by Crippen LogP contribution is -2.36. The number of carbonyl (C=O) groups is 1. The van der Waals surface area contributed by atoms with Crippen molar-refractivity contribution in [1.82, 2.24) is 19.7 Å². The van der Waals surface area contributed by atoms with Gasteiger partial charge in [0, 0.05) is 31.4 Å². The molecule has 2 heterocycles. The molecule has 0 saturated carbocycles. The summed E-state index contributed by atoms with van der Waals surface area (Å²) in [7, 11) is 7.20. The van der Waals surface area contributed by atoms with Crippen LogP contribution in [0.25, 0.3) is 10.2 Å². The third-order valence-corrected chi connectivity index (χ3v) is 5.66. The highest BCUT2D eigenvalue weighted by Gasteiger charge is 2.26. The number of likely N-dealkylation sites (N-methyl/N-ethyl adjacent to an activating group) is 1. The summed E-state index contributed by atoms with van der Waals surface area (Å²) < 4.78 is 7.83. The van der Waals surface area contributed by atoms with Crippen LogP contribution in [0, 0.1) is 6.92 Å². The van der Waals surface area contributed by atoms with E-state index in [0.29, 0.717) is 34.7 Å². The van der Waals surface area contributed by atoms with Gasteiger partial charge in [-0.25, -0.2) is 4.98 Å². The van der Waals surface area contributed by atoms with E-state index in [0.717, 1.165) is 15.8 Å². The number of ether oxygens (including phenoxy) is 1. The van der Waals surface area contributed by atoms with E-state index in [-0.39, 0.29) is 5.91 Å². The van der Waals surface area contributed by atoms with Crippen LogP contribution in [0.15, 0.2) is 18.3 Å². The molecular formula is C18H22ClN5O2S. The highest BCUT2D eigenvalue weighted by atomic mass is 35.5. The fourth-order valence-corrected chi connectivity index (χ4v) is 3.90. The minimum Gasteiger partial charge on any atom is -0.479 e. The lowest BCUT2D eigenvalue weighted by molar-refractivity contribution is 0.0982. The topological polar surface area (TPSA) is 63.5 Å². The van der Waals surface area contributed by atoms with Crippen LogP contribution < -0.4 is 9.64 Å². The van der Waals surface area contributed by atoms with Crippen LogP contribution in [0.2, 0.25) is 5.02 Å². The van der Waals surface area contributed by atoms with Gasteiger partial charge < -0.3 is 9.64 Å². The predicted molar refractivity (Wildman–Crippen MR) is 109 cm³/mol. The molecule has 27 heavy (non-hydrogen) atoms. The number of halogens is 1. The smallest absolute Gasteiger partial charge is 0.267 e. The fourth-order valence-electron chi connectivity index (χ4n) is 2.70. The monoisotopic (exact) mass is 407 g/mol. The summed E-state index contributed by atoms with van der Waals surface area (Å²) >= 11 is 7.70. The molecule has 0 N–H and O–H groups in total. The first-order chi connectivity index (χ1) is 12.8. The molecule has 0 aliphatic heterocycles. The van der Waals surface area contributed by atoms with Crippen molar-refractivity contribution >= 4 is 44.2 Å². The maximum Gasteiger partial charge on any atom is 0.267 e. The van der Waals surface area contributed by atoms with Crippen LogP contribution in [0.5, 0.6) is 5.88 Å². The van der Waals surface area contributed by atoms with E-state index >= 15 is 0 Å². The van der Waals surface area contributed by atoms with Crippen LogP contribution in [0.3, 0.4) is 0 Å². The van der Waals surface area contributed by atoms with Crippen molar-refractivity contribution < 1.29 is 9.53 Å². The second-order valence-corrected chi connectivity index (χ2v) is 7.92. The van der Waals surface area contributed by atoms with Gasteiger partial charge in [-0.3, -0.25) is 14.4 Å². The van der Waals surface area contributed by atoms with Crippen molar-refractivity contribution in [2.75, 3.05) is 39.2 Å². The molecule has 0 fully saturated rings. The minimum atomic E-state index is -0.190. The summed E-state index contributed by atoms with van der Waals surface area (Å²) in [5.41, 5.74) is 2.15. The fraction of sp³-hybridized carbons (Fsp3) is 0.389. The first-order valence-corrected chi connectivity index (χ1v) is 9.61. The zero-order valence-electron chi connectivity index (χ0n) is 16.0. The van der Waals surface area contributed by atoms with Gasteiger partial charge in [0.15, 0.2) is 5.13 Å². The molecule has 1 amide bonds. The molecule has 2 aromatic heterocycles. The molecule has 0 aliphatic carbocycles. The number of benzene rings is 1. The van der Waals surface area contributed by atoms with E-state index in [1.165, 1.54) is 18.4 Å². The number of rotatable bonds is 6. The Bertz CT molecular complexity index is 982. The van der Waals surface area contributed by atoms with Gasteiger partial charge in [-0.05, 0) is 38.7 Å². The number of amides is 1. The van der Waals surface area contributed by atoms with Gasteiger partial charge in [0.25, 0.3) is 5.91 Å². The number of hydrogen-bond donors (Lipinski definition) is 0. The molecule has 0 spiro atoms. The molecule has 9 heteroatoms. The molecule has 0 saturated heterocycles. The summed E-state index contributed by atoms with van der Waals surface area (Å²) in [5, 5.41) is 5.49. The van der Waals surface area contributed by atoms with Crippen LogP contribution in [0.1, 0.15) is 15.9 Å². The van der Waals surface area contributed by atoms with Crippen molar-refractivity contribution in [2.45, 2.75) is 6.92 Å². The Morgan fingerprint density at radius 1 is 1.33 bits per heavy atom. The zero-order chi connectivity index (χ0) is 19.7. The normalized spacial score (nSPS) is 11.4. The number of methoxy groups -OCH3 is 1. The molecule has 0 radical (unpaired) electrons. The molecule has 3 aromatic rings. The second-order valence-electron chi connectivity index (χ2n) is 6.50. The highest BCUT2D eigenvalue weighted by molar-refractivity contribution is 7.22. The highest BCUT2D eigenvalue weighted by Crippen LogP contribution is 2.34. The van der Waals surface area contributed by atoms with Crippen LogP contribution in [-0.2, 0) is 7.05 Å². The van der Waals surface area contributed by atoms with E-state index in [4.69, 9.17) is 21.3 Å². The Kier molecular flexibility index (Phi) is 5.69. The third kappa shape index (κ3) is 3.92. The second kappa shape index (κ2) is 7.84. The Labute approximate surface area is 167 Å². The molecule has 0 aliphatic rings. The zero-order valence-corrected chi connectivity index (χ0v) is 17.6. The number of nitrogens with zero attached hydrogens (tertiary/aromatic N) is 5. The van der Waals surface area contributed by atoms with Gasteiger partial charge in [0.1, 0.15) is 5.56 Å². The van der Waals surface area contributed by atoms with E-state index in [9.17, 15) is 4.79 Å². The maximum absolute atomic E-state index is 13.3. The predicted octanol–water partition coefficient (Wildman–Crippen LogP) is 3.21. The lowest BCUT2D eigenvalue weighted by atomic mass is 10.2. The van der Waals surface area contributed by atoms with Crippen molar-refractivity contribution in [3.8, 4) is 5.88 Å². The summed E-state index contributed by atoms with van der Waals surface area (Å²) in [6.45, 7) is 3.13. The standard InChI is InChI=1S/C18H22ClN5O2S/c1-11-13(19)6-7-14-15(11)20-18(27-14)24(9-8-22(2)3)17(25)12-10-23(4)21-16(12)26-5/h6-7,10H,8-9H2,1-5H3. The molecule has 0 unspecified atom stereocenters. The molecule has 0 atom stereocenters.